The summed E-state index contributed by atoms with van der Waals surface area (Å²) in [6.07, 6.45) is 0.239. The van der Waals surface area contributed by atoms with Crippen LogP contribution in [-0.2, 0) is 9.53 Å². The van der Waals surface area contributed by atoms with Crippen LogP contribution in [0.1, 0.15) is 34.8 Å². The average molecular weight is 220 g/mol. The van der Waals surface area contributed by atoms with Gasteiger partial charge < -0.3 is 4.74 Å². The van der Waals surface area contributed by atoms with Crippen molar-refractivity contribution >= 4 is 11.8 Å². The number of hydrogen-bond acceptors (Lipinski definition) is 3. The molecule has 1 rings (SSSR count). The monoisotopic (exact) mass is 220 g/mol. The molecule has 0 aliphatic heterocycles. The van der Waals surface area contributed by atoms with Crippen molar-refractivity contribution in [3.63, 3.8) is 0 Å². The minimum atomic E-state index is -0.353. The summed E-state index contributed by atoms with van der Waals surface area (Å²) in [5.74, 6) is -0.346. The van der Waals surface area contributed by atoms with E-state index in [1.54, 1.807) is 0 Å². The number of hydrogen-bond donors (Lipinski definition) is 0. The molecule has 0 fully saturated rings. The molecule has 0 aliphatic carbocycles. The van der Waals surface area contributed by atoms with Crippen LogP contribution >= 0.6 is 0 Å². The van der Waals surface area contributed by atoms with Crippen LogP contribution in [0.2, 0.25) is 0 Å². The normalized spacial score (nSPS) is 9.94. The Morgan fingerprint density at radius 1 is 1.12 bits per heavy atom. The van der Waals surface area contributed by atoms with Gasteiger partial charge in [0.25, 0.3) is 0 Å². The van der Waals surface area contributed by atoms with Gasteiger partial charge in [0.1, 0.15) is 0 Å². The lowest BCUT2D eigenvalue weighted by Gasteiger charge is -2.04. The second-order valence-electron chi connectivity index (χ2n) is 3.89. The Labute approximate surface area is 95.4 Å². The van der Waals surface area contributed by atoms with Crippen molar-refractivity contribution in [3.05, 3.63) is 34.9 Å². The lowest BCUT2D eigenvalue weighted by atomic mass is 10.0. The predicted molar refractivity (Wildman–Crippen MR) is 61.5 cm³/mol. The Kier molecular flexibility index (Phi) is 4.23. The second kappa shape index (κ2) is 5.45. The van der Waals surface area contributed by atoms with Crippen LogP contribution in [0.3, 0.4) is 0 Å². The molecule has 16 heavy (non-hydrogen) atoms. The number of esters is 1. The first kappa shape index (κ1) is 12.4. The van der Waals surface area contributed by atoms with Crippen molar-refractivity contribution in [2.75, 3.05) is 6.61 Å². The maximum absolute atomic E-state index is 11.7. The summed E-state index contributed by atoms with van der Waals surface area (Å²) in [6, 6.07) is 5.72. The third-order valence-corrected chi connectivity index (χ3v) is 2.18. The molecule has 0 saturated heterocycles. The Hall–Kier alpha value is -1.64. The molecular formula is C13H16O3. The van der Waals surface area contributed by atoms with E-state index in [0.29, 0.717) is 5.56 Å². The van der Waals surface area contributed by atoms with Crippen molar-refractivity contribution in [3.8, 4) is 0 Å². The molecular weight excluding hydrogens is 204 g/mol. The van der Waals surface area contributed by atoms with E-state index in [2.05, 4.69) is 0 Å². The highest BCUT2D eigenvalue weighted by Crippen LogP contribution is 2.10. The van der Waals surface area contributed by atoms with E-state index in [9.17, 15) is 9.59 Å². The van der Waals surface area contributed by atoms with E-state index >= 15 is 0 Å². The fourth-order valence-corrected chi connectivity index (χ4v) is 1.57. The van der Waals surface area contributed by atoms with Gasteiger partial charge >= 0.3 is 5.97 Å². The number of carbonyl (C=O) groups is 2. The van der Waals surface area contributed by atoms with Crippen LogP contribution in [-0.4, -0.2) is 18.4 Å². The van der Waals surface area contributed by atoms with Crippen molar-refractivity contribution in [2.45, 2.75) is 27.2 Å². The Bertz CT molecular complexity index is 387. The quantitative estimate of drug-likeness (QED) is 0.578. The van der Waals surface area contributed by atoms with E-state index in [0.717, 1.165) is 11.1 Å². The summed E-state index contributed by atoms with van der Waals surface area (Å²) in [5, 5.41) is 0. The summed E-state index contributed by atoms with van der Waals surface area (Å²) >= 11 is 0. The third-order valence-electron chi connectivity index (χ3n) is 2.18. The van der Waals surface area contributed by atoms with Gasteiger partial charge in [-0.1, -0.05) is 17.2 Å². The number of aryl methyl sites for hydroxylation is 2. The van der Waals surface area contributed by atoms with Gasteiger partial charge in [0, 0.05) is 18.9 Å². The van der Waals surface area contributed by atoms with Crippen molar-refractivity contribution in [1.82, 2.24) is 0 Å². The van der Waals surface area contributed by atoms with Gasteiger partial charge in [0.2, 0.25) is 0 Å². The van der Waals surface area contributed by atoms with Crippen LogP contribution in [0.25, 0.3) is 0 Å². The molecule has 86 valence electrons. The average Bonchev–Trinajstić information content (AvgIpc) is 2.15. The van der Waals surface area contributed by atoms with E-state index in [1.807, 2.05) is 32.0 Å². The molecule has 0 aliphatic rings. The van der Waals surface area contributed by atoms with E-state index in [-0.39, 0.29) is 24.8 Å². The summed E-state index contributed by atoms with van der Waals surface area (Å²) in [4.78, 5) is 22.3. The maximum Gasteiger partial charge on any atom is 0.302 e. The highest BCUT2D eigenvalue weighted by molar-refractivity contribution is 5.96. The highest BCUT2D eigenvalue weighted by Gasteiger charge is 2.07. The summed E-state index contributed by atoms with van der Waals surface area (Å²) in [5.41, 5.74) is 2.82. The number of carbonyl (C=O) groups excluding carboxylic acids is 2. The third kappa shape index (κ3) is 3.85. The molecule has 0 amide bonds. The minimum Gasteiger partial charge on any atom is -0.465 e. The molecule has 0 N–H and O–H groups in total. The Morgan fingerprint density at radius 2 is 1.69 bits per heavy atom. The topological polar surface area (TPSA) is 43.4 Å². The number of ketones is 1. The molecule has 0 aromatic heterocycles. The second-order valence-corrected chi connectivity index (χ2v) is 3.89. The van der Waals surface area contributed by atoms with Crippen molar-refractivity contribution in [2.24, 2.45) is 0 Å². The Morgan fingerprint density at radius 3 is 2.19 bits per heavy atom. The van der Waals surface area contributed by atoms with E-state index in [1.165, 1.54) is 6.92 Å². The number of Topliss-reactive ketones (excluding diaryl/α,β-unsaturated/α-hetero) is 1. The minimum absolute atomic E-state index is 0.00745. The number of ether oxygens (including phenoxy) is 1. The molecule has 1 aromatic carbocycles. The lowest BCUT2D eigenvalue weighted by Crippen LogP contribution is -2.07. The van der Waals surface area contributed by atoms with E-state index < -0.39 is 0 Å². The van der Waals surface area contributed by atoms with Gasteiger partial charge in [0.05, 0.1) is 6.61 Å². The van der Waals surface area contributed by atoms with Crippen LogP contribution in [0.5, 0.6) is 0 Å². The van der Waals surface area contributed by atoms with Crippen molar-refractivity contribution < 1.29 is 14.3 Å². The zero-order chi connectivity index (χ0) is 12.1. The maximum atomic E-state index is 11.7. The van der Waals surface area contributed by atoms with Crippen molar-refractivity contribution in [1.29, 1.82) is 0 Å². The molecule has 0 atom stereocenters. The molecule has 0 radical (unpaired) electrons. The fraction of sp³-hybridized carbons (Fsp3) is 0.385. The van der Waals surface area contributed by atoms with Gasteiger partial charge in [-0.15, -0.1) is 0 Å². The summed E-state index contributed by atoms with van der Waals surface area (Å²) in [7, 11) is 0. The molecule has 0 saturated carbocycles. The van der Waals surface area contributed by atoms with E-state index in [4.69, 9.17) is 4.74 Å². The number of benzene rings is 1. The Balaban J connectivity index is 2.62. The molecule has 1 aromatic rings. The first-order chi connectivity index (χ1) is 7.49. The van der Waals surface area contributed by atoms with Gasteiger partial charge in [0.15, 0.2) is 5.78 Å². The largest absolute Gasteiger partial charge is 0.465 e. The summed E-state index contributed by atoms with van der Waals surface area (Å²) < 4.78 is 4.73. The molecule has 0 bridgehead atoms. The first-order valence-corrected chi connectivity index (χ1v) is 5.24. The fourth-order valence-electron chi connectivity index (χ4n) is 1.57. The van der Waals surface area contributed by atoms with Crippen LogP contribution in [0, 0.1) is 13.8 Å². The van der Waals surface area contributed by atoms with Gasteiger partial charge in [-0.25, -0.2) is 0 Å². The summed E-state index contributed by atoms with van der Waals surface area (Å²) in [6.45, 7) is 5.40. The van der Waals surface area contributed by atoms with Gasteiger partial charge in [-0.3, -0.25) is 9.59 Å². The zero-order valence-electron chi connectivity index (χ0n) is 9.87. The lowest BCUT2D eigenvalue weighted by molar-refractivity contribution is -0.140. The first-order valence-electron chi connectivity index (χ1n) is 5.24. The molecule has 0 unspecified atom stereocenters. The molecule has 3 nitrogen and oxygen atoms in total. The van der Waals surface area contributed by atoms with Crippen LogP contribution in [0.15, 0.2) is 18.2 Å². The molecule has 0 heterocycles. The van der Waals surface area contributed by atoms with Crippen LogP contribution < -0.4 is 0 Å². The standard InChI is InChI=1S/C13H16O3/c1-9-6-10(2)8-12(7-9)13(15)4-5-16-11(3)14/h6-8H,4-5H2,1-3H3. The zero-order valence-corrected chi connectivity index (χ0v) is 9.87. The smallest absolute Gasteiger partial charge is 0.302 e. The SMILES string of the molecule is CC(=O)OCCC(=O)c1cc(C)cc(C)c1. The number of rotatable bonds is 4. The van der Waals surface area contributed by atoms with Gasteiger partial charge in [-0.2, -0.15) is 0 Å². The molecule has 3 heteroatoms. The van der Waals surface area contributed by atoms with Crippen LogP contribution in [0.4, 0.5) is 0 Å². The molecule has 0 spiro atoms. The van der Waals surface area contributed by atoms with Gasteiger partial charge in [-0.05, 0) is 26.0 Å². The predicted octanol–water partition coefficient (Wildman–Crippen LogP) is 2.44. The highest BCUT2D eigenvalue weighted by atomic mass is 16.5.